The Labute approximate surface area is 251 Å². The molecule has 0 fully saturated rings. The second-order valence-electron chi connectivity index (χ2n) is 9.98. The number of fused-ring (bicyclic) bond motifs is 1. The van der Waals surface area contributed by atoms with E-state index >= 15 is 0 Å². The molecule has 3 heterocycles. The van der Waals surface area contributed by atoms with Crippen molar-refractivity contribution >= 4 is 27.7 Å². The summed E-state index contributed by atoms with van der Waals surface area (Å²) in [5, 5.41) is 16.2. The molecular formula is C29H23BrF3N7O3. The third-order valence-corrected chi connectivity index (χ3v) is 7.87. The Morgan fingerprint density at radius 3 is 2.40 bits per heavy atom. The number of hydrogen-bond acceptors (Lipinski definition) is 6. The average molecular weight is 654 g/mol. The Kier molecular flexibility index (Phi) is 7.70. The summed E-state index contributed by atoms with van der Waals surface area (Å²) in [5.74, 6) is -0.910. The van der Waals surface area contributed by atoms with Gasteiger partial charge in [-0.15, -0.1) is 0 Å². The summed E-state index contributed by atoms with van der Waals surface area (Å²) >= 11 is 2.90. The van der Waals surface area contributed by atoms with E-state index in [-0.39, 0.29) is 46.2 Å². The number of benzene rings is 2. The van der Waals surface area contributed by atoms with Crippen LogP contribution in [0.5, 0.6) is 0 Å². The number of carbonyl (C=O) groups excluding carboxylic acids is 2. The summed E-state index contributed by atoms with van der Waals surface area (Å²) in [4.78, 5) is 45.7. The quantitative estimate of drug-likeness (QED) is 0.350. The van der Waals surface area contributed by atoms with E-state index in [1.54, 1.807) is 38.1 Å². The molecule has 0 radical (unpaired) electrons. The number of hydrogen-bond donors (Lipinski definition) is 1. The van der Waals surface area contributed by atoms with Crippen LogP contribution in [0.4, 0.5) is 13.2 Å². The first-order valence-corrected chi connectivity index (χ1v) is 13.8. The summed E-state index contributed by atoms with van der Waals surface area (Å²) < 4.78 is 43.0. The number of rotatable bonds is 4. The molecule has 5 rings (SSSR count). The zero-order valence-corrected chi connectivity index (χ0v) is 24.6. The minimum atomic E-state index is -4.67. The summed E-state index contributed by atoms with van der Waals surface area (Å²) in [7, 11) is 1.50. The number of aryl methyl sites for hydroxylation is 1. The van der Waals surface area contributed by atoms with Crippen LogP contribution >= 0.6 is 15.9 Å². The van der Waals surface area contributed by atoms with Crippen LogP contribution in [0.3, 0.4) is 0 Å². The third kappa shape index (κ3) is 5.43. The molecule has 10 nitrogen and oxygen atoms in total. The zero-order chi connectivity index (χ0) is 31.2. The van der Waals surface area contributed by atoms with E-state index in [0.717, 1.165) is 6.07 Å². The van der Waals surface area contributed by atoms with Gasteiger partial charge < -0.3 is 10.2 Å². The van der Waals surface area contributed by atoms with E-state index in [1.165, 1.54) is 39.4 Å². The highest BCUT2D eigenvalue weighted by atomic mass is 79.9. The number of nitrogens with zero attached hydrogens (tertiary/aromatic N) is 6. The number of alkyl halides is 3. The van der Waals surface area contributed by atoms with Crippen molar-refractivity contribution in [3.05, 3.63) is 103 Å². The average Bonchev–Trinajstić information content (AvgIpc) is 3.36. The lowest BCUT2D eigenvalue weighted by Crippen LogP contribution is -2.46. The van der Waals surface area contributed by atoms with Gasteiger partial charge in [0.2, 0.25) is 5.95 Å². The summed E-state index contributed by atoms with van der Waals surface area (Å²) in [6.45, 7) is 3.25. The molecule has 2 aromatic carbocycles. The standard InChI is InChI=1S/C29H23BrF3N7O3/c1-15-11-21-24(14-38(15)26(42)18-6-9-23(30)22(12-18)29(31,32)33)36-28(40-16(2)10-19(13-34)37-40)39(27(21)43)20-7-4-17(5-8-20)25(41)35-3/h4-10,12,15H,11,14H2,1-3H3,(H,35,41)/t15-/m1/s1. The Bertz CT molecular complexity index is 1870. The summed E-state index contributed by atoms with van der Waals surface area (Å²) in [5.41, 5.74) is 0.365. The molecule has 0 spiro atoms. The maximum atomic E-state index is 14.1. The lowest BCUT2D eigenvalue weighted by molar-refractivity contribution is -0.138. The fourth-order valence-electron chi connectivity index (χ4n) is 4.97. The topological polar surface area (TPSA) is 126 Å². The molecule has 0 aliphatic carbocycles. The predicted octanol–water partition coefficient (Wildman–Crippen LogP) is 4.33. The van der Waals surface area contributed by atoms with E-state index in [9.17, 15) is 32.8 Å². The minimum Gasteiger partial charge on any atom is -0.355 e. The van der Waals surface area contributed by atoms with Gasteiger partial charge in [-0.05, 0) is 68.8 Å². The van der Waals surface area contributed by atoms with Crippen LogP contribution in [0, 0.1) is 18.3 Å². The van der Waals surface area contributed by atoms with Crippen LogP contribution in [0.2, 0.25) is 0 Å². The molecule has 2 amide bonds. The van der Waals surface area contributed by atoms with Gasteiger partial charge in [-0.2, -0.15) is 23.5 Å². The molecule has 2 aromatic heterocycles. The van der Waals surface area contributed by atoms with Gasteiger partial charge in [0.05, 0.1) is 23.5 Å². The maximum absolute atomic E-state index is 14.1. The van der Waals surface area contributed by atoms with Crippen molar-refractivity contribution in [1.82, 2.24) is 29.5 Å². The van der Waals surface area contributed by atoms with Gasteiger partial charge in [0.1, 0.15) is 6.07 Å². The highest BCUT2D eigenvalue weighted by Gasteiger charge is 2.36. The molecule has 0 saturated heterocycles. The van der Waals surface area contributed by atoms with Gasteiger partial charge in [0.25, 0.3) is 17.4 Å². The fraction of sp³-hybridized carbons (Fsp3) is 0.241. The van der Waals surface area contributed by atoms with E-state index in [4.69, 9.17) is 4.98 Å². The first-order chi connectivity index (χ1) is 20.3. The molecule has 1 N–H and O–H groups in total. The van der Waals surface area contributed by atoms with Crippen LogP contribution in [0.15, 0.2) is 57.8 Å². The van der Waals surface area contributed by atoms with Crippen LogP contribution in [0.25, 0.3) is 11.6 Å². The first kappa shape index (κ1) is 29.7. The Balaban J connectivity index is 1.63. The highest BCUT2D eigenvalue weighted by Crippen LogP contribution is 2.36. The second-order valence-corrected chi connectivity index (χ2v) is 10.8. The summed E-state index contributed by atoms with van der Waals surface area (Å²) in [6.07, 6.45) is -4.58. The molecule has 43 heavy (non-hydrogen) atoms. The number of aromatic nitrogens is 4. The largest absolute Gasteiger partial charge is 0.417 e. The van der Waals surface area contributed by atoms with E-state index in [1.807, 2.05) is 6.07 Å². The first-order valence-electron chi connectivity index (χ1n) is 13.0. The van der Waals surface area contributed by atoms with Crippen molar-refractivity contribution in [1.29, 1.82) is 5.26 Å². The van der Waals surface area contributed by atoms with Crippen molar-refractivity contribution < 1.29 is 22.8 Å². The van der Waals surface area contributed by atoms with Crippen molar-refractivity contribution in [3.63, 3.8) is 0 Å². The number of nitrogens with one attached hydrogen (secondary N) is 1. The lowest BCUT2D eigenvalue weighted by Gasteiger charge is -2.34. The van der Waals surface area contributed by atoms with E-state index in [2.05, 4.69) is 26.3 Å². The monoisotopic (exact) mass is 653 g/mol. The number of nitriles is 1. The molecule has 4 aromatic rings. The van der Waals surface area contributed by atoms with Gasteiger partial charge in [-0.3, -0.25) is 14.4 Å². The van der Waals surface area contributed by atoms with Gasteiger partial charge in [0.15, 0.2) is 5.69 Å². The fourth-order valence-corrected chi connectivity index (χ4v) is 5.44. The van der Waals surface area contributed by atoms with Crippen molar-refractivity contribution in [2.75, 3.05) is 7.05 Å². The SMILES string of the molecule is CNC(=O)c1ccc(-n2c(-n3nc(C#N)cc3C)nc3c(c2=O)C[C@@H](C)N(C(=O)c2ccc(Br)c(C(F)(F)F)c2)C3)cc1. The zero-order valence-electron chi connectivity index (χ0n) is 23.0. The predicted molar refractivity (Wildman–Crippen MR) is 152 cm³/mol. The number of amides is 2. The molecule has 1 atom stereocenters. The molecule has 1 aliphatic heterocycles. The lowest BCUT2D eigenvalue weighted by atomic mass is 9.98. The van der Waals surface area contributed by atoms with Crippen LogP contribution in [-0.4, -0.2) is 49.1 Å². The minimum absolute atomic E-state index is 0.0420. The van der Waals surface area contributed by atoms with Crippen molar-refractivity contribution in [2.45, 2.75) is 39.0 Å². The molecule has 0 bridgehead atoms. The van der Waals surface area contributed by atoms with Gasteiger partial charge in [0, 0.05) is 39.9 Å². The van der Waals surface area contributed by atoms with Gasteiger partial charge >= 0.3 is 6.18 Å². The van der Waals surface area contributed by atoms with Crippen LogP contribution in [-0.2, 0) is 19.1 Å². The summed E-state index contributed by atoms with van der Waals surface area (Å²) in [6, 6.07) is 12.5. The molecule has 14 heteroatoms. The number of carbonyl (C=O) groups is 2. The maximum Gasteiger partial charge on any atom is 0.417 e. The Morgan fingerprint density at radius 2 is 1.79 bits per heavy atom. The van der Waals surface area contributed by atoms with Crippen molar-refractivity contribution in [3.8, 4) is 17.7 Å². The van der Waals surface area contributed by atoms with Crippen molar-refractivity contribution in [2.24, 2.45) is 0 Å². The van der Waals surface area contributed by atoms with E-state index in [0.29, 0.717) is 22.5 Å². The van der Waals surface area contributed by atoms with E-state index < -0.39 is 29.2 Å². The van der Waals surface area contributed by atoms with Crippen LogP contribution in [0.1, 0.15) is 55.8 Å². The second kappa shape index (κ2) is 11.1. The molecular weight excluding hydrogens is 631 g/mol. The molecule has 1 aliphatic rings. The smallest absolute Gasteiger partial charge is 0.355 e. The normalized spacial score (nSPS) is 14.7. The highest BCUT2D eigenvalue weighted by molar-refractivity contribution is 9.10. The van der Waals surface area contributed by atoms with Gasteiger partial charge in [-0.1, -0.05) is 15.9 Å². The number of halogens is 4. The van der Waals surface area contributed by atoms with Gasteiger partial charge in [-0.25, -0.2) is 14.2 Å². The molecule has 0 saturated carbocycles. The molecule has 0 unspecified atom stereocenters. The Morgan fingerprint density at radius 1 is 1.12 bits per heavy atom. The molecule has 220 valence electrons. The van der Waals surface area contributed by atoms with Crippen LogP contribution < -0.4 is 10.9 Å². The Hall–Kier alpha value is -4.77. The third-order valence-electron chi connectivity index (χ3n) is 7.18.